The fourth-order valence-corrected chi connectivity index (χ4v) is 5.09. The fraction of sp³-hybridized carbons (Fsp3) is 0.385. The summed E-state index contributed by atoms with van der Waals surface area (Å²) in [5.41, 5.74) is 5.34. The molecule has 1 fully saturated rings. The third-order valence-corrected chi connectivity index (χ3v) is 7.56. The van der Waals surface area contributed by atoms with E-state index >= 15 is 0 Å². The van der Waals surface area contributed by atoms with Gasteiger partial charge in [-0.2, -0.15) is 0 Å². The average molecular weight is 452 g/mol. The molecule has 1 aliphatic heterocycles. The molecule has 1 saturated heterocycles. The smallest absolute Gasteiger partial charge is 0.175 e. The minimum Gasteiger partial charge on any atom is -0.351 e. The molecule has 5 nitrogen and oxygen atoms in total. The van der Waals surface area contributed by atoms with Crippen LogP contribution in [0.2, 0.25) is 0 Å². The minimum absolute atomic E-state index is 0.345. The Morgan fingerprint density at radius 3 is 2.16 bits per heavy atom. The van der Waals surface area contributed by atoms with Gasteiger partial charge in [-0.05, 0) is 54.8 Å². The van der Waals surface area contributed by atoms with Crippen LogP contribution in [0, 0.1) is 0 Å². The molecule has 1 aromatic heterocycles. The Morgan fingerprint density at radius 1 is 0.906 bits per heavy atom. The monoisotopic (exact) mass is 451 g/mol. The second-order valence-corrected chi connectivity index (χ2v) is 11.1. The van der Waals surface area contributed by atoms with Gasteiger partial charge in [-0.25, -0.2) is 8.42 Å². The molecule has 2 aromatic carbocycles. The molecule has 4 rings (SSSR count). The van der Waals surface area contributed by atoms with Crippen molar-refractivity contribution in [1.29, 1.82) is 0 Å². The number of aryl methyl sites for hydroxylation is 1. The van der Waals surface area contributed by atoms with Gasteiger partial charge in [0, 0.05) is 69.5 Å². The first-order chi connectivity index (χ1) is 15.2. The van der Waals surface area contributed by atoms with E-state index in [4.69, 9.17) is 0 Å². The van der Waals surface area contributed by atoms with E-state index in [1.165, 1.54) is 11.8 Å². The van der Waals surface area contributed by atoms with Crippen molar-refractivity contribution < 1.29 is 8.42 Å². The molecule has 2 heterocycles. The Kier molecular flexibility index (Phi) is 6.56. The molecule has 6 heteroatoms. The van der Waals surface area contributed by atoms with E-state index in [-0.39, 0.29) is 0 Å². The number of aromatic nitrogens is 1. The van der Waals surface area contributed by atoms with Gasteiger partial charge in [0.05, 0.1) is 4.90 Å². The van der Waals surface area contributed by atoms with Gasteiger partial charge in [0.15, 0.2) is 9.84 Å². The highest BCUT2D eigenvalue weighted by atomic mass is 32.2. The molecule has 0 N–H and O–H groups in total. The van der Waals surface area contributed by atoms with Crippen molar-refractivity contribution in [2.24, 2.45) is 7.05 Å². The van der Waals surface area contributed by atoms with E-state index in [1.807, 2.05) is 25.4 Å². The highest BCUT2D eigenvalue weighted by Gasteiger charge is 2.19. The molecule has 1 aliphatic rings. The maximum absolute atomic E-state index is 12.2. The van der Waals surface area contributed by atoms with E-state index in [0.717, 1.165) is 55.1 Å². The zero-order valence-electron chi connectivity index (χ0n) is 19.5. The van der Waals surface area contributed by atoms with Crippen molar-refractivity contribution in [3.63, 3.8) is 0 Å². The third-order valence-electron chi connectivity index (χ3n) is 6.45. The number of hydrogen-bond acceptors (Lipinski definition) is 4. The van der Waals surface area contributed by atoms with Crippen LogP contribution in [0.25, 0.3) is 22.4 Å². The maximum atomic E-state index is 12.2. The number of benzene rings is 2. The normalized spacial score (nSPS) is 16.0. The Morgan fingerprint density at radius 2 is 1.59 bits per heavy atom. The second kappa shape index (κ2) is 9.22. The summed E-state index contributed by atoms with van der Waals surface area (Å²) < 4.78 is 26.5. The van der Waals surface area contributed by atoms with Gasteiger partial charge in [-0.1, -0.05) is 30.3 Å². The third kappa shape index (κ3) is 4.98. The Balaban J connectivity index is 1.60. The molecule has 0 aliphatic carbocycles. The summed E-state index contributed by atoms with van der Waals surface area (Å²) in [6, 6.07) is 18.7. The van der Waals surface area contributed by atoms with Crippen LogP contribution >= 0.6 is 0 Å². The van der Waals surface area contributed by atoms with Crippen molar-refractivity contribution in [2.75, 3.05) is 32.4 Å². The van der Waals surface area contributed by atoms with Crippen LogP contribution in [0.15, 0.2) is 65.7 Å². The van der Waals surface area contributed by atoms with E-state index in [9.17, 15) is 8.42 Å². The van der Waals surface area contributed by atoms with Gasteiger partial charge in [-0.15, -0.1) is 0 Å². The first kappa shape index (κ1) is 22.8. The summed E-state index contributed by atoms with van der Waals surface area (Å²) in [7, 11) is -1.28. The molecule has 0 amide bonds. The summed E-state index contributed by atoms with van der Waals surface area (Å²) in [5.74, 6) is 0. The van der Waals surface area contributed by atoms with E-state index in [2.05, 4.69) is 58.5 Å². The van der Waals surface area contributed by atoms with Crippen LogP contribution in [-0.2, 0) is 23.4 Å². The van der Waals surface area contributed by atoms with Gasteiger partial charge in [0.1, 0.15) is 0 Å². The Bertz CT molecular complexity index is 1170. The van der Waals surface area contributed by atoms with Crippen LogP contribution in [0.4, 0.5) is 0 Å². The van der Waals surface area contributed by atoms with Gasteiger partial charge >= 0.3 is 0 Å². The summed E-state index contributed by atoms with van der Waals surface area (Å²) in [6.45, 7) is 9.89. The summed E-state index contributed by atoms with van der Waals surface area (Å²) in [4.78, 5) is 5.38. The highest BCUT2D eigenvalue weighted by molar-refractivity contribution is 7.90. The molecule has 0 radical (unpaired) electrons. The zero-order chi connectivity index (χ0) is 22.9. The van der Waals surface area contributed by atoms with Crippen molar-refractivity contribution in [2.45, 2.75) is 31.3 Å². The van der Waals surface area contributed by atoms with E-state index in [0.29, 0.717) is 10.9 Å². The van der Waals surface area contributed by atoms with E-state index in [1.54, 1.807) is 12.1 Å². The van der Waals surface area contributed by atoms with Gasteiger partial charge in [-0.3, -0.25) is 9.80 Å². The minimum atomic E-state index is -3.28. The van der Waals surface area contributed by atoms with Gasteiger partial charge in [0.2, 0.25) is 0 Å². The van der Waals surface area contributed by atoms with Crippen LogP contribution in [0.3, 0.4) is 0 Å². The first-order valence-corrected chi connectivity index (χ1v) is 13.1. The maximum Gasteiger partial charge on any atom is 0.175 e. The number of rotatable bonds is 6. The molecule has 170 valence electrons. The quantitative estimate of drug-likeness (QED) is 0.561. The lowest BCUT2D eigenvalue weighted by Gasteiger charge is -2.36. The number of nitrogens with zero attached hydrogens (tertiary/aromatic N) is 3. The fourth-order valence-electron chi connectivity index (χ4n) is 4.44. The largest absolute Gasteiger partial charge is 0.351 e. The molecule has 0 saturated carbocycles. The Hall–Kier alpha value is -2.41. The lowest BCUT2D eigenvalue weighted by molar-refractivity contribution is 0.104. The summed E-state index contributed by atoms with van der Waals surface area (Å²) in [6.07, 6.45) is 3.27. The predicted molar refractivity (Wildman–Crippen MR) is 131 cm³/mol. The van der Waals surface area contributed by atoms with Crippen molar-refractivity contribution in [1.82, 2.24) is 14.4 Å². The van der Waals surface area contributed by atoms with Gasteiger partial charge in [0.25, 0.3) is 0 Å². The van der Waals surface area contributed by atoms with Gasteiger partial charge < -0.3 is 4.57 Å². The van der Waals surface area contributed by atoms with Crippen molar-refractivity contribution >= 4 is 9.84 Å². The molecular weight excluding hydrogens is 418 g/mol. The van der Waals surface area contributed by atoms with Crippen LogP contribution in [0.1, 0.15) is 19.4 Å². The summed E-state index contributed by atoms with van der Waals surface area (Å²) in [5, 5.41) is 0. The standard InChI is InChI=1S/C26H33N3O2S/c1-20(2)29-16-14-28(15-17-29)19-21-7-9-22(10-8-21)25-18-23(32(4,30)31)11-12-24(25)26-6-5-13-27(26)3/h5-13,18,20H,14-17,19H2,1-4H3. The molecule has 32 heavy (non-hydrogen) atoms. The zero-order valence-corrected chi connectivity index (χ0v) is 20.3. The van der Waals surface area contributed by atoms with Crippen LogP contribution in [-0.4, -0.2) is 61.3 Å². The van der Waals surface area contributed by atoms with Crippen LogP contribution < -0.4 is 0 Å². The summed E-state index contributed by atoms with van der Waals surface area (Å²) >= 11 is 0. The van der Waals surface area contributed by atoms with Crippen LogP contribution in [0.5, 0.6) is 0 Å². The molecule has 0 spiro atoms. The Labute approximate surface area is 192 Å². The molecule has 3 aromatic rings. The van der Waals surface area contributed by atoms with Crippen molar-refractivity contribution in [3.8, 4) is 22.4 Å². The van der Waals surface area contributed by atoms with Crippen molar-refractivity contribution in [3.05, 3.63) is 66.4 Å². The second-order valence-electron chi connectivity index (χ2n) is 9.09. The molecular formula is C26H33N3O2S. The number of piperazine rings is 1. The molecule has 0 atom stereocenters. The molecule has 0 unspecified atom stereocenters. The SMILES string of the molecule is CC(C)N1CCN(Cc2ccc(-c3cc(S(C)(=O)=O)ccc3-c3cccn3C)cc2)CC1. The highest BCUT2D eigenvalue weighted by Crippen LogP contribution is 2.34. The topological polar surface area (TPSA) is 45.6 Å². The molecule has 0 bridgehead atoms. The first-order valence-electron chi connectivity index (χ1n) is 11.2. The predicted octanol–water partition coefficient (Wildman–Crippen LogP) is 4.29. The lowest BCUT2D eigenvalue weighted by Crippen LogP contribution is -2.48. The number of hydrogen-bond donors (Lipinski definition) is 0. The van der Waals surface area contributed by atoms with E-state index < -0.39 is 9.84 Å². The average Bonchev–Trinajstić information content (AvgIpc) is 3.19. The number of sulfone groups is 1. The lowest BCUT2D eigenvalue weighted by atomic mass is 9.96.